The number of piperidine rings is 1. The molecule has 0 bridgehead atoms. The number of aryl methyl sites for hydroxylation is 1. The number of ether oxygens (including phenoxy) is 1. The van der Waals surface area contributed by atoms with Gasteiger partial charge in [-0.3, -0.25) is 0 Å². The average molecular weight is 294 g/mol. The molecule has 1 aliphatic heterocycles. The predicted octanol–water partition coefficient (Wildman–Crippen LogP) is 1.92. The molecule has 0 saturated carbocycles. The monoisotopic (exact) mass is 294 g/mol. The van der Waals surface area contributed by atoms with E-state index in [0.717, 1.165) is 57.6 Å². The van der Waals surface area contributed by atoms with Crippen molar-refractivity contribution in [3.8, 4) is 0 Å². The average Bonchev–Trinajstić information content (AvgIpc) is 2.94. The maximum absolute atomic E-state index is 5.22. The zero-order valence-electron chi connectivity index (χ0n) is 13.8. The highest BCUT2D eigenvalue weighted by atomic mass is 16.5. The Morgan fingerprint density at radius 1 is 1.33 bits per heavy atom. The minimum atomic E-state index is 0.739. The van der Waals surface area contributed by atoms with Crippen molar-refractivity contribution >= 4 is 5.95 Å². The van der Waals surface area contributed by atoms with Crippen molar-refractivity contribution in [2.75, 3.05) is 44.8 Å². The largest absolute Gasteiger partial charge is 0.383 e. The second-order valence-corrected chi connectivity index (χ2v) is 5.81. The standard InChI is InChI=1S/C16H30N4O/c1-4-15-13-20(10-11-21-3)16(18-15)19-8-6-14(7-9-19)12-17-5-2/h13-14,17H,4-12H2,1-3H3. The minimum Gasteiger partial charge on any atom is -0.383 e. The second-order valence-electron chi connectivity index (χ2n) is 5.81. The van der Waals surface area contributed by atoms with Gasteiger partial charge in [-0.15, -0.1) is 0 Å². The van der Waals surface area contributed by atoms with Gasteiger partial charge < -0.3 is 19.5 Å². The molecule has 0 atom stereocenters. The van der Waals surface area contributed by atoms with E-state index in [9.17, 15) is 0 Å². The van der Waals surface area contributed by atoms with Crippen LogP contribution in [0.3, 0.4) is 0 Å². The van der Waals surface area contributed by atoms with Crippen LogP contribution in [0.5, 0.6) is 0 Å². The fraction of sp³-hybridized carbons (Fsp3) is 0.812. The van der Waals surface area contributed by atoms with Gasteiger partial charge in [0.15, 0.2) is 0 Å². The lowest BCUT2D eigenvalue weighted by Crippen LogP contribution is -2.38. The van der Waals surface area contributed by atoms with Gasteiger partial charge in [-0.1, -0.05) is 13.8 Å². The summed E-state index contributed by atoms with van der Waals surface area (Å²) in [5.74, 6) is 1.94. The van der Waals surface area contributed by atoms with E-state index in [1.165, 1.54) is 18.5 Å². The number of hydrogen-bond acceptors (Lipinski definition) is 4. The molecule has 0 aliphatic carbocycles. The number of imidazole rings is 1. The molecule has 120 valence electrons. The number of aromatic nitrogens is 2. The first-order valence-electron chi connectivity index (χ1n) is 8.29. The third-order valence-corrected chi connectivity index (χ3v) is 4.28. The number of hydrogen-bond donors (Lipinski definition) is 1. The van der Waals surface area contributed by atoms with Crippen molar-refractivity contribution in [3.05, 3.63) is 11.9 Å². The lowest BCUT2D eigenvalue weighted by Gasteiger charge is -2.33. The van der Waals surface area contributed by atoms with Gasteiger partial charge >= 0.3 is 0 Å². The molecule has 0 spiro atoms. The van der Waals surface area contributed by atoms with Crippen molar-refractivity contribution in [2.24, 2.45) is 5.92 Å². The Morgan fingerprint density at radius 2 is 2.10 bits per heavy atom. The van der Waals surface area contributed by atoms with Crippen LogP contribution < -0.4 is 10.2 Å². The van der Waals surface area contributed by atoms with Crippen molar-refractivity contribution in [1.29, 1.82) is 0 Å². The van der Waals surface area contributed by atoms with E-state index in [4.69, 9.17) is 9.72 Å². The molecular formula is C16H30N4O. The van der Waals surface area contributed by atoms with Crippen molar-refractivity contribution in [1.82, 2.24) is 14.9 Å². The van der Waals surface area contributed by atoms with Crippen LogP contribution in [0.2, 0.25) is 0 Å². The van der Waals surface area contributed by atoms with Gasteiger partial charge in [0.1, 0.15) is 0 Å². The summed E-state index contributed by atoms with van der Waals surface area (Å²) in [4.78, 5) is 7.25. The summed E-state index contributed by atoms with van der Waals surface area (Å²) in [6.45, 7) is 10.4. The Balaban J connectivity index is 1.96. The summed E-state index contributed by atoms with van der Waals surface area (Å²) < 4.78 is 7.47. The molecule has 1 N–H and O–H groups in total. The molecule has 2 heterocycles. The number of methoxy groups -OCH3 is 1. The summed E-state index contributed by atoms with van der Waals surface area (Å²) in [6, 6.07) is 0. The van der Waals surface area contributed by atoms with Gasteiger partial charge in [0.2, 0.25) is 5.95 Å². The first kappa shape index (κ1) is 16.3. The van der Waals surface area contributed by atoms with Gasteiger partial charge in [0, 0.05) is 32.9 Å². The van der Waals surface area contributed by atoms with Crippen LogP contribution >= 0.6 is 0 Å². The summed E-state index contributed by atoms with van der Waals surface area (Å²) in [7, 11) is 1.75. The Bertz CT molecular complexity index is 410. The second kappa shape index (κ2) is 8.39. The van der Waals surface area contributed by atoms with Gasteiger partial charge in [0.25, 0.3) is 0 Å². The van der Waals surface area contributed by atoms with Gasteiger partial charge in [-0.25, -0.2) is 4.98 Å². The molecule has 1 aromatic heterocycles. The van der Waals surface area contributed by atoms with Crippen molar-refractivity contribution in [2.45, 2.75) is 39.7 Å². The molecule has 1 aliphatic rings. The molecule has 0 radical (unpaired) electrons. The van der Waals surface area contributed by atoms with E-state index in [0.29, 0.717) is 0 Å². The van der Waals surface area contributed by atoms with Gasteiger partial charge in [0.05, 0.1) is 12.3 Å². The fourth-order valence-electron chi connectivity index (χ4n) is 2.92. The number of rotatable bonds is 8. The van der Waals surface area contributed by atoms with Crippen LogP contribution in [0.25, 0.3) is 0 Å². The molecule has 0 unspecified atom stereocenters. The number of nitrogens with one attached hydrogen (secondary N) is 1. The van der Waals surface area contributed by atoms with E-state index in [2.05, 4.69) is 34.8 Å². The Hall–Kier alpha value is -1.07. The topological polar surface area (TPSA) is 42.3 Å². The predicted molar refractivity (Wildman–Crippen MR) is 87.0 cm³/mol. The molecular weight excluding hydrogens is 264 g/mol. The Labute approximate surface area is 128 Å². The first-order chi connectivity index (χ1) is 10.3. The van der Waals surface area contributed by atoms with E-state index in [1.807, 2.05) is 0 Å². The maximum atomic E-state index is 5.22. The summed E-state index contributed by atoms with van der Waals surface area (Å²) >= 11 is 0. The minimum absolute atomic E-state index is 0.739. The zero-order valence-corrected chi connectivity index (χ0v) is 13.8. The van der Waals surface area contributed by atoms with E-state index in [1.54, 1.807) is 7.11 Å². The first-order valence-corrected chi connectivity index (χ1v) is 8.29. The molecule has 2 rings (SSSR count). The smallest absolute Gasteiger partial charge is 0.205 e. The molecule has 1 saturated heterocycles. The number of anilines is 1. The maximum Gasteiger partial charge on any atom is 0.205 e. The summed E-state index contributed by atoms with van der Waals surface area (Å²) in [5.41, 5.74) is 1.18. The highest BCUT2D eigenvalue weighted by Gasteiger charge is 2.22. The molecule has 0 amide bonds. The normalized spacial score (nSPS) is 16.6. The molecule has 1 aromatic rings. The molecule has 0 aromatic carbocycles. The van der Waals surface area contributed by atoms with E-state index < -0.39 is 0 Å². The Kier molecular flexibility index (Phi) is 6.51. The lowest BCUT2D eigenvalue weighted by atomic mass is 9.97. The van der Waals surface area contributed by atoms with Crippen LogP contribution in [0.4, 0.5) is 5.95 Å². The van der Waals surface area contributed by atoms with Crippen LogP contribution in [0.1, 0.15) is 32.4 Å². The van der Waals surface area contributed by atoms with Gasteiger partial charge in [-0.05, 0) is 38.3 Å². The van der Waals surface area contributed by atoms with Crippen LogP contribution in [-0.4, -0.2) is 49.4 Å². The summed E-state index contributed by atoms with van der Waals surface area (Å²) in [5, 5.41) is 3.47. The number of nitrogens with zero attached hydrogens (tertiary/aromatic N) is 3. The van der Waals surface area contributed by atoms with Crippen molar-refractivity contribution in [3.63, 3.8) is 0 Å². The van der Waals surface area contributed by atoms with E-state index in [-0.39, 0.29) is 0 Å². The molecule has 21 heavy (non-hydrogen) atoms. The highest BCUT2D eigenvalue weighted by Crippen LogP contribution is 2.23. The van der Waals surface area contributed by atoms with Crippen LogP contribution in [0, 0.1) is 5.92 Å². The third-order valence-electron chi connectivity index (χ3n) is 4.28. The fourth-order valence-corrected chi connectivity index (χ4v) is 2.92. The SMILES string of the molecule is CCNCC1CCN(c2nc(CC)cn2CCOC)CC1. The highest BCUT2D eigenvalue weighted by molar-refractivity contribution is 5.34. The molecule has 1 fully saturated rings. The molecule has 5 nitrogen and oxygen atoms in total. The third kappa shape index (κ3) is 4.45. The summed E-state index contributed by atoms with van der Waals surface area (Å²) in [6.07, 6.45) is 5.68. The van der Waals surface area contributed by atoms with E-state index >= 15 is 0 Å². The quantitative estimate of drug-likeness (QED) is 0.795. The van der Waals surface area contributed by atoms with Gasteiger partial charge in [-0.2, -0.15) is 0 Å². The molecule has 5 heteroatoms. The lowest BCUT2D eigenvalue weighted by molar-refractivity contribution is 0.187. The zero-order chi connectivity index (χ0) is 15.1. The Morgan fingerprint density at radius 3 is 2.71 bits per heavy atom. The van der Waals surface area contributed by atoms with Crippen molar-refractivity contribution < 1.29 is 4.74 Å². The van der Waals surface area contributed by atoms with Crippen LogP contribution in [-0.2, 0) is 17.7 Å². The van der Waals surface area contributed by atoms with Crippen LogP contribution in [0.15, 0.2) is 6.20 Å².